The fourth-order valence-electron chi connectivity index (χ4n) is 2.92. The lowest BCUT2D eigenvalue weighted by Crippen LogP contribution is -2.22. The lowest BCUT2D eigenvalue weighted by atomic mass is 10.2. The molecule has 0 saturated heterocycles. The van der Waals surface area contributed by atoms with Crippen LogP contribution >= 0.6 is 11.3 Å². The van der Waals surface area contributed by atoms with E-state index in [9.17, 15) is 4.79 Å². The second-order valence-electron chi connectivity index (χ2n) is 5.71. The Morgan fingerprint density at radius 3 is 2.65 bits per heavy atom. The van der Waals surface area contributed by atoms with Gasteiger partial charge >= 0.3 is 0 Å². The highest BCUT2D eigenvalue weighted by molar-refractivity contribution is 7.15. The van der Waals surface area contributed by atoms with Crippen LogP contribution in [0.4, 0.5) is 0 Å². The third-order valence-corrected chi connectivity index (χ3v) is 4.98. The summed E-state index contributed by atoms with van der Waals surface area (Å²) >= 11 is 1.39. The minimum Gasteiger partial charge on any atom is -0.490 e. The van der Waals surface area contributed by atoms with Crippen LogP contribution in [0.25, 0.3) is 22.1 Å². The van der Waals surface area contributed by atoms with Gasteiger partial charge in [-0.1, -0.05) is 29.5 Å². The van der Waals surface area contributed by atoms with Crippen LogP contribution in [-0.4, -0.2) is 22.6 Å². The molecule has 0 aliphatic carbocycles. The van der Waals surface area contributed by atoms with Gasteiger partial charge in [0.15, 0.2) is 16.5 Å². The van der Waals surface area contributed by atoms with Crippen LogP contribution in [0.5, 0.6) is 11.5 Å². The van der Waals surface area contributed by atoms with Crippen LogP contribution < -0.4 is 19.6 Å². The zero-order valence-electron chi connectivity index (χ0n) is 14.6. The molecule has 26 heavy (non-hydrogen) atoms. The summed E-state index contributed by atoms with van der Waals surface area (Å²) < 4.78 is 13.6. The lowest BCUT2D eigenvalue weighted by Gasteiger charge is -2.11. The van der Waals surface area contributed by atoms with Gasteiger partial charge in [0.1, 0.15) is 0 Å². The molecule has 0 atom stereocenters. The largest absolute Gasteiger partial charge is 0.490 e. The number of hydrogen-bond acceptors (Lipinski definition) is 5. The van der Waals surface area contributed by atoms with E-state index in [2.05, 4.69) is 4.98 Å². The Kier molecular flexibility index (Phi) is 4.34. The van der Waals surface area contributed by atoms with E-state index in [0.717, 1.165) is 16.6 Å². The molecule has 132 valence electrons. The van der Waals surface area contributed by atoms with Crippen molar-refractivity contribution in [2.24, 2.45) is 0 Å². The number of benzene rings is 2. The monoisotopic (exact) mass is 366 g/mol. The maximum absolute atomic E-state index is 12.8. The van der Waals surface area contributed by atoms with Crippen molar-refractivity contribution in [1.29, 1.82) is 0 Å². The summed E-state index contributed by atoms with van der Waals surface area (Å²) in [6.45, 7) is 4.99. The Bertz CT molecular complexity index is 1190. The van der Waals surface area contributed by atoms with E-state index in [1.165, 1.54) is 11.3 Å². The topological polar surface area (TPSA) is 52.8 Å². The van der Waals surface area contributed by atoms with Crippen LogP contribution in [0, 0.1) is 0 Å². The van der Waals surface area contributed by atoms with E-state index in [1.807, 2.05) is 62.4 Å². The number of aromatic nitrogens is 2. The number of para-hydroxylation sites is 2. The SMILES string of the molecule is CCOc1ccc(C=c2sc3nc4ccccc4n3c2=O)cc1OCC. The highest BCUT2D eigenvalue weighted by Gasteiger charge is 2.11. The molecular formula is C20H18N2O3S. The number of imidazole rings is 1. The Morgan fingerprint density at radius 2 is 1.85 bits per heavy atom. The van der Waals surface area contributed by atoms with E-state index in [4.69, 9.17) is 9.47 Å². The van der Waals surface area contributed by atoms with Crippen molar-refractivity contribution in [3.05, 3.63) is 62.9 Å². The van der Waals surface area contributed by atoms with Gasteiger partial charge in [0, 0.05) is 0 Å². The number of rotatable bonds is 5. The maximum atomic E-state index is 12.8. The van der Waals surface area contributed by atoms with Gasteiger partial charge in [-0.15, -0.1) is 0 Å². The first kappa shape index (κ1) is 16.6. The average molecular weight is 366 g/mol. The van der Waals surface area contributed by atoms with Crippen molar-refractivity contribution in [3.8, 4) is 11.5 Å². The Balaban J connectivity index is 1.84. The third kappa shape index (κ3) is 2.82. The van der Waals surface area contributed by atoms with E-state index in [-0.39, 0.29) is 5.56 Å². The zero-order valence-corrected chi connectivity index (χ0v) is 15.4. The summed E-state index contributed by atoms with van der Waals surface area (Å²) in [7, 11) is 0. The standard InChI is InChI=1S/C20H18N2O3S/c1-3-24-16-10-9-13(11-17(16)25-4-2)12-18-19(23)22-15-8-6-5-7-14(15)21-20(22)26-18/h5-12H,3-4H2,1-2H3. The second-order valence-corrected chi connectivity index (χ2v) is 6.72. The molecule has 0 bridgehead atoms. The van der Waals surface area contributed by atoms with Crippen molar-refractivity contribution >= 4 is 33.4 Å². The van der Waals surface area contributed by atoms with Crippen LogP contribution in [0.3, 0.4) is 0 Å². The number of ether oxygens (including phenoxy) is 2. The molecule has 0 spiro atoms. The van der Waals surface area contributed by atoms with E-state index in [1.54, 1.807) is 4.40 Å². The molecular weight excluding hydrogens is 348 g/mol. The predicted octanol–water partition coefficient (Wildman–Crippen LogP) is 3.25. The Labute approximate surface area is 154 Å². The molecule has 5 nitrogen and oxygen atoms in total. The van der Waals surface area contributed by atoms with Gasteiger partial charge in [0.2, 0.25) is 0 Å². The summed E-state index contributed by atoms with van der Waals surface area (Å²) in [5.41, 5.74) is 2.51. The molecule has 0 radical (unpaired) electrons. The Morgan fingerprint density at radius 1 is 1.08 bits per heavy atom. The van der Waals surface area contributed by atoms with Gasteiger partial charge in [-0.25, -0.2) is 9.38 Å². The highest BCUT2D eigenvalue weighted by Crippen LogP contribution is 2.28. The van der Waals surface area contributed by atoms with Gasteiger partial charge in [-0.3, -0.25) is 4.79 Å². The summed E-state index contributed by atoms with van der Waals surface area (Å²) in [5, 5.41) is 0. The molecule has 0 amide bonds. The average Bonchev–Trinajstić information content (AvgIpc) is 3.14. The molecule has 0 saturated carbocycles. The van der Waals surface area contributed by atoms with Crippen LogP contribution in [0.15, 0.2) is 47.3 Å². The minimum atomic E-state index is -0.0504. The molecule has 0 aliphatic heterocycles. The van der Waals surface area contributed by atoms with Crippen molar-refractivity contribution < 1.29 is 9.47 Å². The highest BCUT2D eigenvalue weighted by atomic mass is 32.1. The van der Waals surface area contributed by atoms with Gasteiger partial charge in [0.25, 0.3) is 5.56 Å². The second kappa shape index (κ2) is 6.80. The number of fused-ring (bicyclic) bond motifs is 3. The molecule has 2 heterocycles. The summed E-state index contributed by atoms with van der Waals surface area (Å²) in [5.74, 6) is 1.39. The zero-order chi connectivity index (χ0) is 18.1. The fourth-order valence-corrected chi connectivity index (χ4v) is 3.91. The van der Waals surface area contributed by atoms with E-state index in [0.29, 0.717) is 34.2 Å². The van der Waals surface area contributed by atoms with E-state index < -0.39 is 0 Å². The quantitative estimate of drug-likeness (QED) is 0.544. The smallest absolute Gasteiger partial charge is 0.274 e. The minimum absolute atomic E-state index is 0.0504. The van der Waals surface area contributed by atoms with Crippen LogP contribution in [0.2, 0.25) is 0 Å². The van der Waals surface area contributed by atoms with Crippen molar-refractivity contribution in [2.45, 2.75) is 13.8 Å². The number of hydrogen-bond donors (Lipinski definition) is 0. The number of nitrogens with zero attached hydrogens (tertiary/aromatic N) is 2. The molecule has 4 rings (SSSR count). The summed E-state index contributed by atoms with van der Waals surface area (Å²) in [4.78, 5) is 18.1. The Hall–Kier alpha value is -2.86. The molecule has 0 aliphatic rings. The predicted molar refractivity (Wildman–Crippen MR) is 104 cm³/mol. The lowest BCUT2D eigenvalue weighted by molar-refractivity contribution is 0.287. The van der Waals surface area contributed by atoms with Gasteiger partial charge < -0.3 is 9.47 Å². The maximum Gasteiger partial charge on any atom is 0.274 e. The summed E-state index contributed by atoms with van der Waals surface area (Å²) in [6, 6.07) is 13.4. The van der Waals surface area contributed by atoms with Crippen molar-refractivity contribution in [3.63, 3.8) is 0 Å². The number of thiazole rings is 1. The first-order chi connectivity index (χ1) is 12.7. The normalized spacial score (nSPS) is 12.2. The van der Waals surface area contributed by atoms with Gasteiger partial charge in [-0.05, 0) is 49.8 Å². The molecule has 2 aromatic heterocycles. The van der Waals surface area contributed by atoms with Crippen LogP contribution in [0.1, 0.15) is 19.4 Å². The van der Waals surface area contributed by atoms with Gasteiger partial charge in [0.05, 0.1) is 28.8 Å². The first-order valence-electron chi connectivity index (χ1n) is 8.52. The molecule has 0 N–H and O–H groups in total. The van der Waals surface area contributed by atoms with E-state index >= 15 is 0 Å². The summed E-state index contributed by atoms with van der Waals surface area (Å²) in [6.07, 6.45) is 1.87. The molecule has 6 heteroatoms. The van der Waals surface area contributed by atoms with Crippen LogP contribution in [-0.2, 0) is 0 Å². The van der Waals surface area contributed by atoms with Crippen molar-refractivity contribution in [2.75, 3.05) is 13.2 Å². The molecule has 4 aromatic rings. The molecule has 0 fully saturated rings. The molecule has 0 unspecified atom stereocenters. The fraction of sp³-hybridized carbons (Fsp3) is 0.200. The van der Waals surface area contributed by atoms with Crippen molar-refractivity contribution in [1.82, 2.24) is 9.38 Å². The van der Waals surface area contributed by atoms with Gasteiger partial charge in [-0.2, -0.15) is 0 Å². The molecule has 2 aromatic carbocycles. The first-order valence-corrected chi connectivity index (χ1v) is 9.34. The third-order valence-electron chi connectivity index (χ3n) is 4.01.